The van der Waals surface area contributed by atoms with Gasteiger partial charge in [-0.25, -0.2) is 17.6 Å². The van der Waals surface area contributed by atoms with E-state index in [0.29, 0.717) is 22.5 Å². The average molecular weight is 373 g/mol. The minimum absolute atomic E-state index is 0.203. The van der Waals surface area contributed by atoms with E-state index in [-0.39, 0.29) is 10.7 Å². The molecule has 0 N–H and O–H groups in total. The Morgan fingerprint density at radius 3 is 2.19 bits per heavy atom. The lowest BCUT2D eigenvalue weighted by Gasteiger charge is -2.10. The summed E-state index contributed by atoms with van der Waals surface area (Å²) in [5.74, 6) is -0.868. The standard InChI is InChI=1S/C19H16FNO4S/c1-25-19(22)14-11-18(13-3-9-17(10-4-13)26(2,23)24)21(12-14)16-7-5-15(20)6-8-16/h3-12H,1-2H3. The van der Waals surface area contributed by atoms with Crippen LogP contribution >= 0.6 is 0 Å². The monoisotopic (exact) mass is 373 g/mol. The van der Waals surface area contributed by atoms with Crippen LogP contribution in [0.3, 0.4) is 0 Å². The van der Waals surface area contributed by atoms with Gasteiger partial charge in [0.1, 0.15) is 5.82 Å². The van der Waals surface area contributed by atoms with E-state index in [1.165, 1.54) is 31.4 Å². The van der Waals surface area contributed by atoms with Crippen molar-refractivity contribution in [1.29, 1.82) is 0 Å². The molecular weight excluding hydrogens is 357 g/mol. The van der Waals surface area contributed by atoms with Gasteiger partial charge in [-0.1, -0.05) is 12.1 Å². The van der Waals surface area contributed by atoms with Gasteiger partial charge in [0.15, 0.2) is 9.84 Å². The van der Waals surface area contributed by atoms with E-state index in [1.54, 1.807) is 41.1 Å². The molecule has 134 valence electrons. The van der Waals surface area contributed by atoms with Gasteiger partial charge < -0.3 is 9.30 Å². The van der Waals surface area contributed by atoms with E-state index < -0.39 is 15.8 Å². The summed E-state index contributed by atoms with van der Waals surface area (Å²) in [6.07, 6.45) is 2.73. The second-order valence-electron chi connectivity index (χ2n) is 5.75. The molecule has 0 fully saturated rings. The van der Waals surface area contributed by atoms with Crippen LogP contribution < -0.4 is 0 Å². The molecule has 2 aromatic carbocycles. The zero-order valence-electron chi connectivity index (χ0n) is 14.1. The summed E-state index contributed by atoms with van der Waals surface area (Å²) in [5.41, 5.74) is 2.34. The molecule has 0 aliphatic carbocycles. The molecule has 0 saturated heterocycles. The molecule has 0 saturated carbocycles. The highest BCUT2D eigenvalue weighted by Crippen LogP contribution is 2.27. The lowest BCUT2D eigenvalue weighted by Crippen LogP contribution is -1.99. The van der Waals surface area contributed by atoms with E-state index >= 15 is 0 Å². The minimum atomic E-state index is -3.30. The maximum Gasteiger partial charge on any atom is 0.339 e. The molecule has 26 heavy (non-hydrogen) atoms. The first-order chi connectivity index (χ1) is 12.3. The minimum Gasteiger partial charge on any atom is -0.465 e. The van der Waals surface area contributed by atoms with Crippen molar-refractivity contribution in [3.05, 3.63) is 72.2 Å². The fourth-order valence-corrected chi connectivity index (χ4v) is 3.23. The molecule has 1 aromatic heterocycles. The van der Waals surface area contributed by atoms with E-state index in [1.807, 2.05) is 0 Å². The zero-order valence-corrected chi connectivity index (χ0v) is 15.0. The van der Waals surface area contributed by atoms with Crippen LogP contribution in [0.25, 0.3) is 16.9 Å². The number of nitrogens with zero attached hydrogens (tertiary/aromatic N) is 1. The number of methoxy groups -OCH3 is 1. The molecule has 0 atom stereocenters. The average Bonchev–Trinajstić information content (AvgIpc) is 3.06. The molecule has 1 heterocycles. The normalized spacial score (nSPS) is 11.3. The summed E-state index contributed by atoms with van der Waals surface area (Å²) in [6, 6.07) is 13.8. The number of benzene rings is 2. The molecule has 0 aliphatic rings. The summed E-state index contributed by atoms with van der Waals surface area (Å²) in [4.78, 5) is 12.1. The van der Waals surface area contributed by atoms with Gasteiger partial charge in [-0.2, -0.15) is 0 Å². The van der Waals surface area contributed by atoms with Crippen molar-refractivity contribution < 1.29 is 22.3 Å². The number of halogens is 1. The number of sulfone groups is 1. The van der Waals surface area contributed by atoms with Crippen molar-refractivity contribution in [1.82, 2.24) is 4.57 Å². The van der Waals surface area contributed by atoms with Crippen LogP contribution in [0.15, 0.2) is 65.7 Å². The van der Waals surface area contributed by atoms with Crippen LogP contribution in [0, 0.1) is 5.82 Å². The highest BCUT2D eigenvalue weighted by atomic mass is 32.2. The van der Waals surface area contributed by atoms with Crippen molar-refractivity contribution >= 4 is 15.8 Å². The number of rotatable bonds is 4. The third-order valence-corrected chi connectivity index (χ3v) is 5.05. The lowest BCUT2D eigenvalue weighted by atomic mass is 10.1. The quantitative estimate of drug-likeness (QED) is 0.657. The van der Waals surface area contributed by atoms with E-state index in [4.69, 9.17) is 4.74 Å². The van der Waals surface area contributed by atoms with Gasteiger partial charge in [0.25, 0.3) is 0 Å². The Kier molecular flexibility index (Phi) is 4.65. The molecule has 0 bridgehead atoms. The van der Waals surface area contributed by atoms with Crippen molar-refractivity contribution in [3.63, 3.8) is 0 Å². The Balaban J connectivity index is 2.14. The SMILES string of the molecule is COC(=O)c1cc(-c2ccc(S(C)(=O)=O)cc2)n(-c2ccc(F)cc2)c1. The van der Waals surface area contributed by atoms with Gasteiger partial charge in [-0.15, -0.1) is 0 Å². The van der Waals surface area contributed by atoms with Gasteiger partial charge in [-0.3, -0.25) is 0 Å². The first-order valence-electron chi connectivity index (χ1n) is 7.67. The predicted molar refractivity (Wildman–Crippen MR) is 95.6 cm³/mol. The van der Waals surface area contributed by atoms with Crippen LogP contribution in [-0.4, -0.2) is 32.3 Å². The number of hydrogen-bond donors (Lipinski definition) is 0. The maximum absolute atomic E-state index is 13.2. The Morgan fingerprint density at radius 2 is 1.65 bits per heavy atom. The Morgan fingerprint density at radius 1 is 1.04 bits per heavy atom. The van der Waals surface area contributed by atoms with Gasteiger partial charge in [0, 0.05) is 18.1 Å². The van der Waals surface area contributed by atoms with Crippen LogP contribution in [0.5, 0.6) is 0 Å². The largest absolute Gasteiger partial charge is 0.465 e. The number of esters is 1. The third kappa shape index (κ3) is 3.52. The fraction of sp³-hybridized carbons (Fsp3) is 0.105. The van der Waals surface area contributed by atoms with E-state index in [0.717, 1.165) is 6.26 Å². The van der Waals surface area contributed by atoms with Gasteiger partial charge in [0.2, 0.25) is 0 Å². The molecule has 5 nitrogen and oxygen atoms in total. The van der Waals surface area contributed by atoms with Crippen LogP contribution in [0.1, 0.15) is 10.4 Å². The van der Waals surface area contributed by atoms with Crippen LogP contribution in [0.2, 0.25) is 0 Å². The van der Waals surface area contributed by atoms with Crippen molar-refractivity contribution in [3.8, 4) is 16.9 Å². The van der Waals surface area contributed by atoms with Crippen molar-refractivity contribution in [2.75, 3.05) is 13.4 Å². The molecule has 7 heteroatoms. The van der Waals surface area contributed by atoms with Crippen LogP contribution in [0.4, 0.5) is 4.39 Å². The zero-order chi connectivity index (χ0) is 18.9. The lowest BCUT2D eigenvalue weighted by molar-refractivity contribution is 0.0601. The summed E-state index contributed by atoms with van der Waals surface area (Å²) < 4.78 is 43.0. The Labute approximate surface area is 150 Å². The number of carbonyl (C=O) groups excluding carboxylic acids is 1. The predicted octanol–water partition coefficient (Wildman–Crippen LogP) is 3.47. The molecular formula is C19H16FNO4S. The molecule has 3 rings (SSSR count). The number of carbonyl (C=O) groups is 1. The number of aromatic nitrogens is 1. The first kappa shape index (κ1) is 17.9. The molecule has 0 unspecified atom stereocenters. The molecule has 0 aliphatic heterocycles. The Bertz CT molecular complexity index is 1050. The van der Waals surface area contributed by atoms with E-state index in [9.17, 15) is 17.6 Å². The fourth-order valence-electron chi connectivity index (χ4n) is 2.60. The van der Waals surface area contributed by atoms with E-state index in [2.05, 4.69) is 0 Å². The first-order valence-corrected chi connectivity index (χ1v) is 9.56. The topological polar surface area (TPSA) is 65.4 Å². The van der Waals surface area contributed by atoms with Gasteiger partial charge in [-0.05, 0) is 48.0 Å². The Hall–Kier alpha value is -2.93. The molecule has 3 aromatic rings. The summed E-state index contributed by atoms with van der Waals surface area (Å²) in [5, 5.41) is 0. The molecule has 0 amide bonds. The number of hydrogen-bond acceptors (Lipinski definition) is 4. The van der Waals surface area contributed by atoms with Crippen LogP contribution in [-0.2, 0) is 14.6 Å². The molecule has 0 spiro atoms. The highest BCUT2D eigenvalue weighted by Gasteiger charge is 2.16. The van der Waals surface area contributed by atoms with Gasteiger partial charge in [0.05, 0.1) is 23.3 Å². The van der Waals surface area contributed by atoms with Gasteiger partial charge >= 0.3 is 5.97 Å². The highest BCUT2D eigenvalue weighted by molar-refractivity contribution is 7.90. The summed E-state index contributed by atoms with van der Waals surface area (Å²) in [6.45, 7) is 0. The van der Waals surface area contributed by atoms with Crippen molar-refractivity contribution in [2.45, 2.75) is 4.90 Å². The molecule has 0 radical (unpaired) electrons. The third-order valence-electron chi connectivity index (χ3n) is 3.92. The second-order valence-corrected chi connectivity index (χ2v) is 7.76. The second kappa shape index (κ2) is 6.76. The maximum atomic E-state index is 13.2. The smallest absolute Gasteiger partial charge is 0.339 e. The summed E-state index contributed by atoms with van der Waals surface area (Å²) >= 11 is 0. The van der Waals surface area contributed by atoms with Crippen molar-refractivity contribution in [2.24, 2.45) is 0 Å². The summed E-state index contributed by atoms with van der Waals surface area (Å²) in [7, 11) is -2.01. The number of ether oxygens (including phenoxy) is 1.